The number of sulfonamides is 2. The third kappa shape index (κ3) is 5.58. The Kier molecular flexibility index (Phi) is 6.94. The molecule has 0 heterocycles. The Labute approximate surface area is 141 Å². The lowest BCUT2D eigenvalue weighted by atomic mass is 10.3. The predicted octanol–water partition coefficient (Wildman–Crippen LogP) is 2.09. The first kappa shape index (κ1) is 19.5. The number of nitrogens with zero attached hydrogens (tertiary/aromatic N) is 1. The summed E-state index contributed by atoms with van der Waals surface area (Å²) in [6.45, 7) is 1.56. The van der Waals surface area contributed by atoms with Crippen LogP contribution in [0.5, 0.6) is 0 Å². The number of rotatable bonds is 8. The van der Waals surface area contributed by atoms with Crippen molar-refractivity contribution >= 4 is 48.9 Å². The van der Waals surface area contributed by atoms with Crippen molar-refractivity contribution in [2.45, 2.75) is 13.3 Å². The zero-order valence-corrected chi connectivity index (χ0v) is 15.4. The molecule has 22 heavy (non-hydrogen) atoms. The van der Waals surface area contributed by atoms with Crippen molar-refractivity contribution in [3.63, 3.8) is 0 Å². The second-order valence-electron chi connectivity index (χ2n) is 4.62. The Morgan fingerprint density at radius 1 is 1.14 bits per heavy atom. The van der Waals surface area contributed by atoms with Crippen molar-refractivity contribution in [1.82, 2.24) is 4.72 Å². The molecular formula is C12H18Cl2N2O4S2. The molecule has 0 unspecified atom stereocenters. The molecule has 0 amide bonds. The zero-order valence-electron chi connectivity index (χ0n) is 12.2. The van der Waals surface area contributed by atoms with Gasteiger partial charge in [0.15, 0.2) is 0 Å². The van der Waals surface area contributed by atoms with Crippen LogP contribution < -0.4 is 9.03 Å². The van der Waals surface area contributed by atoms with Crippen LogP contribution in [0.15, 0.2) is 18.2 Å². The SMILES string of the molecule is CCCS(=O)(=O)NCCN(c1c(Cl)cccc1Cl)S(C)(=O)=O. The molecule has 0 saturated heterocycles. The Bertz CT molecular complexity index is 700. The van der Waals surface area contributed by atoms with Gasteiger partial charge in [-0.3, -0.25) is 4.31 Å². The Morgan fingerprint density at radius 3 is 2.14 bits per heavy atom. The van der Waals surface area contributed by atoms with Crippen molar-refractivity contribution in [3.8, 4) is 0 Å². The van der Waals surface area contributed by atoms with E-state index in [9.17, 15) is 16.8 Å². The number of benzene rings is 1. The molecule has 1 rings (SSSR count). The normalized spacial score (nSPS) is 12.4. The summed E-state index contributed by atoms with van der Waals surface area (Å²) in [7, 11) is -7.08. The van der Waals surface area contributed by atoms with Crippen LogP contribution >= 0.6 is 23.2 Å². The first-order valence-corrected chi connectivity index (χ1v) is 10.7. The largest absolute Gasteiger partial charge is 0.266 e. The van der Waals surface area contributed by atoms with Gasteiger partial charge < -0.3 is 0 Å². The molecular weight excluding hydrogens is 371 g/mol. The van der Waals surface area contributed by atoms with Gasteiger partial charge in [0, 0.05) is 13.1 Å². The van der Waals surface area contributed by atoms with E-state index >= 15 is 0 Å². The molecule has 0 aliphatic carbocycles. The number of hydrogen-bond donors (Lipinski definition) is 1. The van der Waals surface area contributed by atoms with E-state index in [1.54, 1.807) is 13.0 Å². The molecule has 1 N–H and O–H groups in total. The average Bonchev–Trinajstić information content (AvgIpc) is 2.35. The van der Waals surface area contributed by atoms with Crippen LogP contribution in [-0.2, 0) is 20.0 Å². The maximum atomic E-state index is 11.9. The van der Waals surface area contributed by atoms with Crippen LogP contribution in [0.1, 0.15) is 13.3 Å². The topological polar surface area (TPSA) is 83.6 Å². The van der Waals surface area contributed by atoms with Crippen molar-refractivity contribution in [2.75, 3.05) is 29.4 Å². The van der Waals surface area contributed by atoms with E-state index in [1.165, 1.54) is 12.1 Å². The number of halogens is 2. The number of nitrogens with one attached hydrogen (secondary N) is 1. The molecule has 0 fully saturated rings. The van der Waals surface area contributed by atoms with E-state index in [2.05, 4.69) is 4.72 Å². The maximum Gasteiger partial charge on any atom is 0.232 e. The van der Waals surface area contributed by atoms with Crippen LogP contribution in [0.2, 0.25) is 10.0 Å². The monoisotopic (exact) mass is 388 g/mol. The fourth-order valence-electron chi connectivity index (χ4n) is 1.81. The van der Waals surface area contributed by atoms with E-state index in [0.717, 1.165) is 10.6 Å². The highest BCUT2D eigenvalue weighted by atomic mass is 35.5. The zero-order chi connectivity index (χ0) is 17.0. The highest BCUT2D eigenvalue weighted by molar-refractivity contribution is 7.92. The first-order valence-electron chi connectivity index (χ1n) is 6.47. The summed E-state index contributed by atoms with van der Waals surface area (Å²) in [5.41, 5.74) is 0.142. The van der Waals surface area contributed by atoms with Gasteiger partial charge in [-0.15, -0.1) is 0 Å². The van der Waals surface area contributed by atoms with Crippen LogP contribution in [0.25, 0.3) is 0 Å². The first-order chi connectivity index (χ1) is 10.1. The third-order valence-electron chi connectivity index (χ3n) is 2.70. The van der Waals surface area contributed by atoms with Gasteiger partial charge in [-0.2, -0.15) is 0 Å². The summed E-state index contributed by atoms with van der Waals surface area (Å²) in [6, 6.07) is 4.63. The molecule has 0 atom stereocenters. The molecule has 0 saturated carbocycles. The Hall–Kier alpha value is -0.540. The van der Waals surface area contributed by atoms with Gasteiger partial charge in [0.2, 0.25) is 20.0 Å². The second-order valence-corrected chi connectivity index (χ2v) is 9.27. The molecule has 0 bridgehead atoms. The molecule has 126 valence electrons. The molecule has 0 aliphatic rings. The predicted molar refractivity (Wildman–Crippen MR) is 90.7 cm³/mol. The van der Waals surface area contributed by atoms with Gasteiger partial charge >= 0.3 is 0 Å². The van der Waals surface area contributed by atoms with Crippen LogP contribution in [0, 0.1) is 0 Å². The van der Waals surface area contributed by atoms with E-state index in [0.29, 0.717) is 6.42 Å². The Morgan fingerprint density at radius 2 is 1.68 bits per heavy atom. The summed E-state index contributed by atoms with van der Waals surface area (Å²) in [5.74, 6) is -0.0152. The van der Waals surface area contributed by atoms with Gasteiger partial charge in [0.25, 0.3) is 0 Å². The van der Waals surface area contributed by atoms with Crippen molar-refractivity contribution in [2.24, 2.45) is 0 Å². The van der Waals surface area contributed by atoms with Crippen LogP contribution in [0.3, 0.4) is 0 Å². The standard InChI is InChI=1S/C12H18Cl2N2O4S2/c1-3-9-22(19,20)15-7-8-16(21(2,17)18)12-10(13)5-4-6-11(12)14/h4-6,15H,3,7-9H2,1-2H3. The lowest BCUT2D eigenvalue weighted by molar-refractivity contribution is 0.577. The van der Waals surface area contributed by atoms with E-state index in [-0.39, 0.29) is 34.6 Å². The lowest BCUT2D eigenvalue weighted by Crippen LogP contribution is -2.39. The van der Waals surface area contributed by atoms with E-state index in [4.69, 9.17) is 23.2 Å². The Balaban J connectivity index is 2.98. The fraction of sp³-hybridized carbons (Fsp3) is 0.500. The fourth-order valence-corrected chi connectivity index (χ4v) is 4.55. The van der Waals surface area contributed by atoms with Crippen molar-refractivity contribution < 1.29 is 16.8 Å². The highest BCUT2D eigenvalue weighted by Crippen LogP contribution is 2.34. The number of para-hydroxylation sites is 1. The van der Waals surface area contributed by atoms with Gasteiger partial charge in [-0.1, -0.05) is 36.2 Å². The molecule has 6 nitrogen and oxygen atoms in total. The summed E-state index contributed by atoms with van der Waals surface area (Å²) >= 11 is 12.0. The minimum absolute atomic E-state index is 0.0152. The summed E-state index contributed by atoms with van der Waals surface area (Å²) in [6.07, 6.45) is 1.48. The number of anilines is 1. The molecule has 1 aromatic carbocycles. The molecule has 1 aromatic rings. The van der Waals surface area contributed by atoms with Gasteiger partial charge in [0.1, 0.15) is 0 Å². The average molecular weight is 389 g/mol. The van der Waals surface area contributed by atoms with E-state index in [1.807, 2.05) is 0 Å². The quantitative estimate of drug-likeness (QED) is 0.738. The van der Waals surface area contributed by atoms with Crippen LogP contribution in [-0.4, -0.2) is 41.9 Å². The lowest BCUT2D eigenvalue weighted by Gasteiger charge is -2.24. The molecule has 0 aromatic heterocycles. The molecule has 0 aliphatic heterocycles. The highest BCUT2D eigenvalue weighted by Gasteiger charge is 2.23. The van der Waals surface area contributed by atoms with Crippen LogP contribution in [0.4, 0.5) is 5.69 Å². The van der Waals surface area contributed by atoms with Crippen molar-refractivity contribution in [3.05, 3.63) is 28.2 Å². The summed E-state index contributed by atoms with van der Waals surface area (Å²) in [4.78, 5) is 0. The van der Waals surface area contributed by atoms with Crippen molar-refractivity contribution in [1.29, 1.82) is 0 Å². The molecule has 0 radical (unpaired) electrons. The number of hydrogen-bond acceptors (Lipinski definition) is 4. The van der Waals surface area contributed by atoms with Gasteiger partial charge in [0.05, 0.1) is 27.7 Å². The minimum Gasteiger partial charge on any atom is -0.266 e. The summed E-state index contributed by atoms with van der Waals surface area (Å²) in [5, 5.41) is 0.351. The van der Waals surface area contributed by atoms with E-state index < -0.39 is 20.0 Å². The third-order valence-corrected chi connectivity index (χ3v) is 6.06. The van der Waals surface area contributed by atoms with Gasteiger partial charge in [-0.05, 0) is 18.6 Å². The smallest absolute Gasteiger partial charge is 0.232 e. The summed E-state index contributed by atoms with van der Waals surface area (Å²) < 4.78 is 50.4. The maximum absolute atomic E-state index is 11.9. The second kappa shape index (κ2) is 7.83. The molecule has 0 spiro atoms. The minimum atomic E-state index is -3.66. The van der Waals surface area contributed by atoms with Gasteiger partial charge in [-0.25, -0.2) is 21.6 Å². The molecule has 10 heteroatoms.